The monoisotopic (exact) mass is 223 g/mol. The molecule has 0 saturated carbocycles. The molecule has 0 spiro atoms. The lowest BCUT2D eigenvalue weighted by molar-refractivity contribution is 0.0762. The van der Waals surface area contributed by atoms with Gasteiger partial charge in [-0.1, -0.05) is 18.2 Å². The number of hydrogen-bond donors (Lipinski definition) is 1. The van der Waals surface area contributed by atoms with Crippen LogP contribution in [0.3, 0.4) is 0 Å². The molecule has 0 saturated heterocycles. The average Bonchev–Trinajstić information content (AvgIpc) is 2.29. The summed E-state index contributed by atoms with van der Waals surface area (Å²) < 4.78 is 5.04. The lowest BCUT2D eigenvalue weighted by Gasteiger charge is -2.17. The second-order valence-corrected chi connectivity index (χ2v) is 3.54. The van der Waals surface area contributed by atoms with E-state index in [2.05, 4.69) is 0 Å². The van der Waals surface area contributed by atoms with E-state index in [0.717, 1.165) is 5.56 Å². The van der Waals surface area contributed by atoms with Gasteiger partial charge in [-0.2, -0.15) is 0 Å². The molecule has 0 aromatic heterocycles. The van der Waals surface area contributed by atoms with Gasteiger partial charge in [0.1, 0.15) is 0 Å². The molecule has 1 aromatic carbocycles. The van der Waals surface area contributed by atoms with Crippen LogP contribution in [-0.2, 0) is 11.3 Å². The summed E-state index contributed by atoms with van der Waals surface area (Å²) in [5, 5.41) is 8.79. The Morgan fingerprint density at radius 3 is 2.75 bits per heavy atom. The Morgan fingerprint density at radius 2 is 2.12 bits per heavy atom. The van der Waals surface area contributed by atoms with Gasteiger partial charge in [-0.25, -0.2) is 0 Å². The second-order valence-electron chi connectivity index (χ2n) is 3.54. The fraction of sp³-hybridized carbons (Fsp3) is 0.417. The predicted molar refractivity (Wildman–Crippen MR) is 61.2 cm³/mol. The van der Waals surface area contributed by atoms with Crippen LogP contribution in [0.2, 0.25) is 0 Å². The maximum absolute atomic E-state index is 12.0. The molecule has 0 unspecified atom stereocenters. The first-order valence-electron chi connectivity index (χ1n) is 5.14. The number of aliphatic hydroxyl groups excluding tert-OH is 1. The van der Waals surface area contributed by atoms with Gasteiger partial charge < -0.3 is 14.7 Å². The van der Waals surface area contributed by atoms with Crippen LogP contribution in [0.15, 0.2) is 24.3 Å². The summed E-state index contributed by atoms with van der Waals surface area (Å²) in [6, 6.07) is 7.32. The predicted octanol–water partition coefficient (Wildman–Crippen LogP) is 0.897. The first-order valence-corrected chi connectivity index (χ1v) is 5.14. The fourth-order valence-corrected chi connectivity index (χ4v) is 1.47. The summed E-state index contributed by atoms with van der Waals surface area (Å²) in [4.78, 5) is 13.5. The van der Waals surface area contributed by atoms with Gasteiger partial charge in [-0.3, -0.25) is 4.79 Å². The fourth-order valence-electron chi connectivity index (χ4n) is 1.47. The topological polar surface area (TPSA) is 49.8 Å². The van der Waals surface area contributed by atoms with E-state index in [4.69, 9.17) is 9.84 Å². The van der Waals surface area contributed by atoms with Crippen LogP contribution in [0, 0.1) is 0 Å². The minimum absolute atomic E-state index is 0.0331. The van der Waals surface area contributed by atoms with Crippen LogP contribution in [0.25, 0.3) is 0 Å². The number of carbonyl (C=O) groups is 1. The number of likely N-dealkylation sites (N-methyl/N-ethyl adjacent to an activating group) is 1. The number of hydrogen-bond acceptors (Lipinski definition) is 3. The molecule has 4 nitrogen and oxygen atoms in total. The van der Waals surface area contributed by atoms with Crippen molar-refractivity contribution in [3.8, 4) is 0 Å². The third-order valence-corrected chi connectivity index (χ3v) is 2.33. The Hall–Kier alpha value is -1.39. The largest absolute Gasteiger partial charge is 0.395 e. The number of rotatable bonds is 5. The van der Waals surface area contributed by atoms with Gasteiger partial charge >= 0.3 is 0 Å². The summed E-state index contributed by atoms with van der Waals surface area (Å²) in [5.41, 5.74) is 1.49. The van der Waals surface area contributed by atoms with Crippen molar-refractivity contribution in [2.75, 3.05) is 27.3 Å². The highest BCUT2D eigenvalue weighted by molar-refractivity contribution is 5.95. The minimum atomic E-state index is -0.0956. The quantitative estimate of drug-likeness (QED) is 0.806. The molecule has 0 bridgehead atoms. The molecule has 1 N–H and O–H groups in total. The minimum Gasteiger partial charge on any atom is -0.395 e. The molecule has 0 heterocycles. The summed E-state index contributed by atoms with van der Waals surface area (Å²) in [6.07, 6.45) is 0. The molecule has 0 aliphatic rings. The third-order valence-electron chi connectivity index (χ3n) is 2.33. The highest BCUT2D eigenvalue weighted by Crippen LogP contribution is 2.12. The van der Waals surface area contributed by atoms with Crippen LogP contribution < -0.4 is 0 Å². The molecule has 1 aromatic rings. The highest BCUT2D eigenvalue weighted by atomic mass is 16.5. The van der Waals surface area contributed by atoms with Crippen LogP contribution in [-0.4, -0.2) is 43.2 Å². The van der Waals surface area contributed by atoms with Gasteiger partial charge in [-0.15, -0.1) is 0 Å². The molecule has 0 fully saturated rings. The summed E-state index contributed by atoms with van der Waals surface area (Å²) in [6.45, 7) is 0.712. The van der Waals surface area contributed by atoms with Gasteiger partial charge in [-0.05, 0) is 11.6 Å². The van der Waals surface area contributed by atoms with Crippen molar-refractivity contribution in [1.29, 1.82) is 0 Å². The Kier molecular flexibility index (Phi) is 4.95. The first-order chi connectivity index (χ1) is 7.70. The molecular weight excluding hydrogens is 206 g/mol. The lowest BCUT2D eigenvalue weighted by Crippen LogP contribution is -2.30. The van der Waals surface area contributed by atoms with Gasteiger partial charge in [0.2, 0.25) is 0 Å². The van der Waals surface area contributed by atoms with Crippen LogP contribution >= 0.6 is 0 Å². The van der Waals surface area contributed by atoms with E-state index < -0.39 is 0 Å². The molecule has 16 heavy (non-hydrogen) atoms. The normalized spacial score (nSPS) is 10.2. The zero-order chi connectivity index (χ0) is 12.0. The number of nitrogens with zero attached hydrogens (tertiary/aromatic N) is 1. The van der Waals surface area contributed by atoms with Crippen molar-refractivity contribution in [3.05, 3.63) is 35.4 Å². The van der Waals surface area contributed by atoms with E-state index in [1.165, 1.54) is 4.90 Å². The van der Waals surface area contributed by atoms with Crippen LogP contribution in [0.4, 0.5) is 0 Å². The van der Waals surface area contributed by atoms with E-state index in [-0.39, 0.29) is 12.5 Å². The summed E-state index contributed by atoms with van der Waals surface area (Å²) in [7, 11) is 3.26. The number of amides is 1. The van der Waals surface area contributed by atoms with Crippen molar-refractivity contribution in [2.24, 2.45) is 0 Å². The van der Waals surface area contributed by atoms with E-state index >= 15 is 0 Å². The number of ether oxygens (including phenoxy) is 1. The van der Waals surface area contributed by atoms with Crippen LogP contribution in [0.5, 0.6) is 0 Å². The number of methoxy groups -OCH3 is 1. The zero-order valence-electron chi connectivity index (χ0n) is 9.64. The molecule has 0 atom stereocenters. The molecule has 88 valence electrons. The summed E-state index contributed by atoms with van der Waals surface area (Å²) in [5.74, 6) is -0.0956. The van der Waals surface area contributed by atoms with Crippen molar-refractivity contribution in [1.82, 2.24) is 4.90 Å². The Balaban J connectivity index is 2.89. The van der Waals surface area contributed by atoms with Gasteiger partial charge in [0, 0.05) is 26.3 Å². The van der Waals surface area contributed by atoms with Gasteiger partial charge in [0.15, 0.2) is 0 Å². The zero-order valence-corrected chi connectivity index (χ0v) is 9.64. The molecule has 1 rings (SSSR count). The van der Waals surface area contributed by atoms with Crippen LogP contribution in [0.1, 0.15) is 15.9 Å². The lowest BCUT2D eigenvalue weighted by atomic mass is 10.1. The maximum Gasteiger partial charge on any atom is 0.254 e. The number of benzene rings is 1. The Morgan fingerprint density at radius 1 is 1.44 bits per heavy atom. The van der Waals surface area contributed by atoms with Gasteiger partial charge in [0.05, 0.1) is 13.2 Å². The standard InChI is InChI=1S/C12H17NO3/c1-13(7-8-14)12(15)11-6-4-3-5-10(11)9-16-2/h3-6,14H,7-9H2,1-2H3. The average molecular weight is 223 g/mol. The molecular formula is C12H17NO3. The van der Waals surface area contributed by atoms with Crippen molar-refractivity contribution in [2.45, 2.75) is 6.61 Å². The smallest absolute Gasteiger partial charge is 0.254 e. The second kappa shape index (κ2) is 6.25. The number of aliphatic hydroxyl groups is 1. The molecule has 0 aliphatic heterocycles. The first kappa shape index (κ1) is 12.7. The number of carbonyl (C=O) groups excluding carboxylic acids is 1. The van der Waals surface area contributed by atoms with Crippen molar-refractivity contribution < 1.29 is 14.6 Å². The van der Waals surface area contributed by atoms with E-state index in [1.54, 1.807) is 20.2 Å². The van der Waals surface area contributed by atoms with Crippen molar-refractivity contribution in [3.63, 3.8) is 0 Å². The van der Waals surface area contributed by atoms with Crippen molar-refractivity contribution >= 4 is 5.91 Å². The Bertz CT molecular complexity index is 352. The molecule has 0 radical (unpaired) electrons. The van der Waals surface area contributed by atoms with E-state index in [0.29, 0.717) is 18.7 Å². The Labute approximate surface area is 95.5 Å². The highest BCUT2D eigenvalue weighted by Gasteiger charge is 2.14. The molecule has 4 heteroatoms. The third kappa shape index (κ3) is 3.05. The van der Waals surface area contributed by atoms with E-state index in [9.17, 15) is 4.79 Å². The van der Waals surface area contributed by atoms with E-state index in [1.807, 2.05) is 18.2 Å². The SMILES string of the molecule is COCc1ccccc1C(=O)N(C)CCO. The molecule has 0 aliphatic carbocycles. The molecule has 1 amide bonds. The maximum atomic E-state index is 12.0. The van der Waals surface area contributed by atoms with Gasteiger partial charge in [0.25, 0.3) is 5.91 Å². The summed E-state index contributed by atoms with van der Waals surface area (Å²) >= 11 is 0.